The lowest BCUT2D eigenvalue weighted by Gasteiger charge is -1.99. The van der Waals surface area contributed by atoms with E-state index in [2.05, 4.69) is 0 Å². The number of carbonyl (C=O) groups excluding carboxylic acids is 1. The summed E-state index contributed by atoms with van der Waals surface area (Å²) in [5.74, 6) is -0.0750. The Morgan fingerprint density at radius 1 is 1.80 bits per heavy atom. The molecule has 0 bridgehead atoms. The first-order chi connectivity index (χ1) is 4.75. The third-order valence-electron chi connectivity index (χ3n) is 1.33. The maximum atomic E-state index is 10.7. The van der Waals surface area contributed by atoms with Gasteiger partial charge in [-0.25, -0.2) is 0 Å². The molecule has 0 aliphatic carbocycles. The third-order valence-corrected chi connectivity index (χ3v) is 1.33. The van der Waals surface area contributed by atoms with Crippen LogP contribution in [0.1, 0.15) is 17.4 Å². The highest BCUT2D eigenvalue weighted by Gasteiger charge is 2.00. The zero-order chi connectivity index (χ0) is 7.56. The molecule has 1 aromatic rings. The largest absolute Gasteiger partial charge is 0.390 e. The Labute approximate surface area is 58.9 Å². The van der Waals surface area contributed by atoms with Gasteiger partial charge >= 0.3 is 0 Å². The summed E-state index contributed by atoms with van der Waals surface area (Å²) in [6.07, 6.45) is 1.63. The third kappa shape index (κ3) is 1.09. The van der Waals surface area contributed by atoms with Gasteiger partial charge in [-0.1, -0.05) is 0 Å². The maximum absolute atomic E-state index is 10.7. The van der Waals surface area contributed by atoms with Crippen molar-refractivity contribution in [2.45, 2.75) is 13.5 Å². The first-order valence-corrected chi connectivity index (χ1v) is 3.03. The number of rotatable bonds is 1. The lowest BCUT2D eigenvalue weighted by molar-refractivity contribution is 0.0927. The summed E-state index contributed by atoms with van der Waals surface area (Å²) >= 11 is 0. The van der Waals surface area contributed by atoms with Crippen LogP contribution in [0, 0.1) is 0 Å². The van der Waals surface area contributed by atoms with Crippen LogP contribution in [0.5, 0.6) is 0 Å². The molecule has 0 amide bonds. The molecule has 0 unspecified atom stereocenters. The smallest absolute Gasteiger partial charge is 0.227 e. The molecular formula is C7H9NO2. The summed E-state index contributed by atoms with van der Waals surface area (Å²) in [6, 6.07) is 3.44. The van der Waals surface area contributed by atoms with Crippen LogP contribution in [0.2, 0.25) is 0 Å². The molecule has 0 aliphatic rings. The van der Waals surface area contributed by atoms with E-state index in [0.29, 0.717) is 5.69 Å². The van der Waals surface area contributed by atoms with E-state index in [4.69, 9.17) is 5.11 Å². The summed E-state index contributed by atoms with van der Waals surface area (Å²) in [5, 5.41) is 8.68. The fraction of sp³-hybridized carbons (Fsp3) is 0.286. The number of carbonyl (C=O) groups is 1. The quantitative estimate of drug-likeness (QED) is 0.620. The van der Waals surface area contributed by atoms with E-state index in [1.54, 1.807) is 18.3 Å². The summed E-state index contributed by atoms with van der Waals surface area (Å²) in [7, 11) is 0. The van der Waals surface area contributed by atoms with Crippen LogP contribution in [0.25, 0.3) is 0 Å². The van der Waals surface area contributed by atoms with E-state index in [9.17, 15) is 4.79 Å². The highest BCUT2D eigenvalue weighted by molar-refractivity contribution is 5.76. The molecule has 3 nitrogen and oxygen atoms in total. The lowest BCUT2D eigenvalue weighted by atomic mass is 10.4. The van der Waals surface area contributed by atoms with E-state index >= 15 is 0 Å². The molecule has 0 saturated carbocycles. The topological polar surface area (TPSA) is 42.2 Å². The molecule has 0 spiro atoms. The van der Waals surface area contributed by atoms with E-state index in [-0.39, 0.29) is 12.5 Å². The predicted octanol–water partition coefficient (Wildman–Crippen LogP) is 0.641. The van der Waals surface area contributed by atoms with Gasteiger partial charge in [-0.2, -0.15) is 0 Å². The Hall–Kier alpha value is -1.09. The molecule has 10 heavy (non-hydrogen) atoms. The van der Waals surface area contributed by atoms with Crippen molar-refractivity contribution in [3.8, 4) is 0 Å². The first kappa shape index (κ1) is 7.02. The number of aliphatic hydroxyl groups is 1. The van der Waals surface area contributed by atoms with Gasteiger partial charge in [0.05, 0.1) is 12.3 Å². The van der Waals surface area contributed by atoms with Crippen molar-refractivity contribution in [3.05, 3.63) is 24.0 Å². The fourth-order valence-corrected chi connectivity index (χ4v) is 0.852. The van der Waals surface area contributed by atoms with Crippen LogP contribution in [-0.2, 0) is 6.61 Å². The van der Waals surface area contributed by atoms with Crippen molar-refractivity contribution >= 4 is 5.91 Å². The van der Waals surface area contributed by atoms with Crippen LogP contribution >= 0.6 is 0 Å². The molecule has 1 aromatic heterocycles. The molecule has 0 radical (unpaired) electrons. The second-order valence-corrected chi connectivity index (χ2v) is 2.05. The number of hydrogen-bond acceptors (Lipinski definition) is 2. The molecule has 0 fully saturated rings. The Kier molecular flexibility index (Phi) is 1.87. The van der Waals surface area contributed by atoms with Crippen molar-refractivity contribution in [3.63, 3.8) is 0 Å². The fourth-order valence-electron chi connectivity index (χ4n) is 0.852. The lowest BCUT2D eigenvalue weighted by Crippen LogP contribution is -2.07. The minimum Gasteiger partial charge on any atom is -0.390 e. The van der Waals surface area contributed by atoms with Crippen molar-refractivity contribution < 1.29 is 9.90 Å². The highest BCUT2D eigenvalue weighted by atomic mass is 16.3. The minimum absolute atomic E-state index is 0.0750. The van der Waals surface area contributed by atoms with Crippen molar-refractivity contribution in [2.24, 2.45) is 0 Å². The Morgan fingerprint density at radius 3 is 2.90 bits per heavy atom. The van der Waals surface area contributed by atoms with Crippen LogP contribution < -0.4 is 0 Å². The van der Waals surface area contributed by atoms with Gasteiger partial charge in [0.15, 0.2) is 0 Å². The molecule has 1 rings (SSSR count). The molecule has 0 saturated heterocycles. The SMILES string of the molecule is CC(=O)n1cccc1CO. The van der Waals surface area contributed by atoms with Crippen molar-refractivity contribution in [1.82, 2.24) is 4.57 Å². The van der Waals surface area contributed by atoms with Crippen LogP contribution in [0.15, 0.2) is 18.3 Å². The zero-order valence-electron chi connectivity index (χ0n) is 5.74. The maximum Gasteiger partial charge on any atom is 0.227 e. The first-order valence-electron chi connectivity index (χ1n) is 3.03. The van der Waals surface area contributed by atoms with Gasteiger partial charge in [0.2, 0.25) is 5.91 Å². The van der Waals surface area contributed by atoms with E-state index in [0.717, 1.165) is 0 Å². The minimum atomic E-state index is -0.0907. The van der Waals surface area contributed by atoms with Gasteiger partial charge < -0.3 is 5.11 Å². The van der Waals surface area contributed by atoms with Gasteiger partial charge in [-0.05, 0) is 12.1 Å². The summed E-state index contributed by atoms with van der Waals surface area (Å²) < 4.78 is 1.42. The van der Waals surface area contributed by atoms with Gasteiger partial charge in [0.1, 0.15) is 0 Å². The monoisotopic (exact) mass is 139 g/mol. The van der Waals surface area contributed by atoms with Gasteiger partial charge in [0.25, 0.3) is 0 Å². The van der Waals surface area contributed by atoms with Gasteiger partial charge in [-0.15, -0.1) is 0 Å². The normalized spacial score (nSPS) is 9.80. The van der Waals surface area contributed by atoms with Crippen LogP contribution in [0.4, 0.5) is 0 Å². The average Bonchev–Trinajstić information content (AvgIpc) is 2.33. The second-order valence-electron chi connectivity index (χ2n) is 2.05. The zero-order valence-corrected chi connectivity index (χ0v) is 5.74. The van der Waals surface area contributed by atoms with Gasteiger partial charge in [0, 0.05) is 13.1 Å². The predicted molar refractivity (Wildman–Crippen MR) is 36.7 cm³/mol. The molecule has 0 aliphatic heterocycles. The highest BCUT2D eigenvalue weighted by Crippen LogP contribution is 2.00. The number of hydrogen-bond donors (Lipinski definition) is 1. The molecule has 1 N–H and O–H groups in total. The summed E-state index contributed by atoms with van der Waals surface area (Å²) in [4.78, 5) is 10.7. The Bertz CT molecular complexity index is 240. The molecule has 0 aromatic carbocycles. The van der Waals surface area contributed by atoms with Crippen molar-refractivity contribution in [2.75, 3.05) is 0 Å². The number of nitrogens with zero attached hydrogens (tertiary/aromatic N) is 1. The molecule has 3 heteroatoms. The second kappa shape index (κ2) is 2.66. The van der Waals surface area contributed by atoms with E-state index in [1.807, 2.05) is 0 Å². The van der Waals surface area contributed by atoms with E-state index < -0.39 is 0 Å². The Morgan fingerprint density at radius 2 is 2.50 bits per heavy atom. The van der Waals surface area contributed by atoms with Crippen LogP contribution in [0.3, 0.4) is 0 Å². The van der Waals surface area contributed by atoms with Crippen LogP contribution in [-0.4, -0.2) is 15.6 Å². The molecular weight excluding hydrogens is 130 g/mol. The summed E-state index contributed by atoms with van der Waals surface area (Å²) in [6.45, 7) is 1.37. The van der Waals surface area contributed by atoms with Gasteiger partial charge in [-0.3, -0.25) is 9.36 Å². The standard InChI is InChI=1S/C7H9NO2/c1-6(10)8-4-2-3-7(8)5-9/h2-4,9H,5H2,1H3. The average molecular weight is 139 g/mol. The van der Waals surface area contributed by atoms with E-state index in [1.165, 1.54) is 11.5 Å². The summed E-state index contributed by atoms with van der Waals surface area (Å²) in [5.41, 5.74) is 0.632. The number of aromatic nitrogens is 1. The van der Waals surface area contributed by atoms with Crippen molar-refractivity contribution in [1.29, 1.82) is 0 Å². The molecule has 54 valence electrons. The molecule has 1 heterocycles. The Balaban J connectivity index is 3.01. The molecule has 0 atom stereocenters. The number of aliphatic hydroxyl groups excluding tert-OH is 1.